The van der Waals surface area contributed by atoms with E-state index >= 15 is 0 Å². The third kappa shape index (κ3) is 3.34. The first-order valence-corrected chi connectivity index (χ1v) is 6.57. The maximum absolute atomic E-state index is 11.2. The number of hydrogen-bond acceptors (Lipinski definition) is 5. The van der Waals surface area contributed by atoms with Crippen LogP contribution in [0, 0.1) is 5.92 Å². The highest BCUT2D eigenvalue weighted by atomic mass is 16.5. The van der Waals surface area contributed by atoms with E-state index in [0.29, 0.717) is 0 Å². The van der Waals surface area contributed by atoms with Gasteiger partial charge in [-0.05, 0) is 12.1 Å². The molecule has 0 spiro atoms. The van der Waals surface area contributed by atoms with Crippen LogP contribution in [0.3, 0.4) is 0 Å². The van der Waals surface area contributed by atoms with E-state index < -0.39 is 36.0 Å². The van der Waals surface area contributed by atoms with Gasteiger partial charge in [0.05, 0.1) is 6.42 Å². The summed E-state index contributed by atoms with van der Waals surface area (Å²) in [4.78, 5) is 33.2. The average Bonchev–Trinajstić information content (AvgIpc) is 2.81. The summed E-state index contributed by atoms with van der Waals surface area (Å²) in [7, 11) is 0. The van der Waals surface area contributed by atoms with Crippen molar-refractivity contribution in [2.45, 2.75) is 18.6 Å². The maximum atomic E-state index is 11.2. The predicted molar refractivity (Wildman–Crippen MR) is 73.0 cm³/mol. The minimum absolute atomic E-state index is 0.0599. The first kappa shape index (κ1) is 15.8. The number of benzene rings is 1. The van der Waals surface area contributed by atoms with Gasteiger partial charge in [0, 0.05) is 12.5 Å². The standard InChI is InChI=1S/C14H15NO7/c16-11(17)5-8-10(6-15-12(8)14(20)21)22-9-4-2-1-3-7(9)13(18)19/h1-4,8,10,12,15H,5-6H2,(H,16,17)(H,18,19)(H,20,21)/t8-,10?,12?/m0/s1. The lowest BCUT2D eigenvalue weighted by molar-refractivity contribution is -0.142. The molecule has 8 heteroatoms. The number of aromatic carboxylic acids is 1. The number of hydrogen-bond donors (Lipinski definition) is 4. The molecule has 0 radical (unpaired) electrons. The molecule has 1 saturated heterocycles. The van der Waals surface area contributed by atoms with Crippen LogP contribution >= 0.6 is 0 Å². The molecule has 8 nitrogen and oxygen atoms in total. The number of rotatable bonds is 6. The number of aliphatic carboxylic acids is 2. The highest BCUT2D eigenvalue weighted by molar-refractivity contribution is 5.90. The second-order valence-electron chi connectivity index (χ2n) is 4.94. The first-order chi connectivity index (χ1) is 10.4. The predicted octanol–water partition coefficient (Wildman–Crippen LogP) is 0.280. The van der Waals surface area contributed by atoms with Crippen molar-refractivity contribution in [3.8, 4) is 5.75 Å². The van der Waals surface area contributed by atoms with Crippen LogP contribution in [0.2, 0.25) is 0 Å². The summed E-state index contributed by atoms with van der Waals surface area (Å²) in [5.41, 5.74) is -0.0599. The zero-order valence-corrected chi connectivity index (χ0v) is 11.4. The number of carboxylic acid groups (broad SMARTS) is 3. The van der Waals surface area contributed by atoms with Gasteiger partial charge >= 0.3 is 17.9 Å². The molecule has 1 aliphatic rings. The Bertz CT molecular complexity index is 601. The molecule has 1 aromatic carbocycles. The van der Waals surface area contributed by atoms with Gasteiger partial charge in [-0.15, -0.1) is 0 Å². The second kappa shape index (κ2) is 6.44. The average molecular weight is 309 g/mol. The van der Waals surface area contributed by atoms with Crippen LogP contribution in [0.25, 0.3) is 0 Å². The van der Waals surface area contributed by atoms with Gasteiger partial charge in [-0.1, -0.05) is 12.1 Å². The largest absolute Gasteiger partial charge is 0.488 e. The quantitative estimate of drug-likeness (QED) is 0.589. The van der Waals surface area contributed by atoms with E-state index in [1.165, 1.54) is 18.2 Å². The minimum Gasteiger partial charge on any atom is -0.488 e. The molecular weight excluding hydrogens is 294 g/mol. The van der Waals surface area contributed by atoms with Crippen molar-refractivity contribution < 1.29 is 34.4 Å². The van der Waals surface area contributed by atoms with E-state index in [9.17, 15) is 14.4 Å². The Labute approximate surface area is 125 Å². The number of carboxylic acids is 3. The molecule has 2 unspecified atom stereocenters. The summed E-state index contributed by atoms with van der Waals surface area (Å²) < 4.78 is 5.59. The lowest BCUT2D eigenvalue weighted by Gasteiger charge is -2.22. The van der Waals surface area contributed by atoms with Gasteiger partial charge in [0.25, 0.3) is 0 Å². The van der Waals surface area contributed by atoms with E-state index in [-0.39, 0.29) is 24.3 Å². The monoisotopic (exact) mass is 309 g/mol. The maximum Gasteiger partial charge on any atom is 0.339 e. The molecule has 1 fully saturated rings. The molecular formula is C14H15NO7. The van der Waals surface area contributed by atoms with Gasteiger partial charge in [-0.3, -0.25) is 9.59 Å². The second-order valence-corrected chi connectivity index (χ2v) is 4.94. The molecule has 0 bridgehead atoms. The molecule has 0 aliphatic carbocycles. The third-order valence-corrected chi connectivity index (χ3v) is 3.52. The Morgan fingerprint density at radius 1 is 1.18 bits per heavy atom. The van der Waals surface area contributed by atoms with Crippen LogP contribution < -0.4 is 10.1 Å². The van der Waals surface area contributed by atoms with Crippen LogP contribution in [0.1, 0.15) is 16.8 Å². The van der Waals surface area contributed by atoms with E-state index in [1.54, 1.807) is 6.07 Å². The first-order valence-electron chi connectivity index (χ1n) is 6.57. The molecule has 0 aromatic heterocycles. The molecule has 4 N–H and O–H groups in total. The van der Waals surface area contributed by atoms with Gasteiger partial charge in [0.1, 0.15) is 23.5 Å². The Kier molecular flexibility index (Phi) is 4.62. The highest BCUT2D eigenvalue weighted by Crippen LogP contribution is 2.27. The smallest absolute Gasteiger partial charge is 0.339 e. The van der Waals surface area contributed by atoms with Crippen LogP contribution in [0.5, 0.6) is 5.75 Å². The van der Waals surface area contributed by atoms with Gasteiger partial charge in [-0.25, -0.2) is 4.79 Å². The molecule has 3 atom stereocenters. The van der Waals surface area contributed by atoms with Crippen molar-refractivity contribution in [1.82, 2.24) is 5.32 Å². The molecule has 1 heterocycles. The van der Waals surface area contributed by atoms with E-state index in [4.69, 9.17) is 20.1 Å². The van der Waals surface area contributed by atoms with Crippen molar-refractivity contribution in [2.75, 3.05) is 6.54 Å². The van der Waals surface area contributed by atoms with Crippen LogP contribution in [0.15, 0.2) is 24.3 Å². The fraction of sp³-hybridized carbons (Fsp3) is 0.357. The Hall–Kier alpha value is -2.61. The fourth-order valence-electron chi connectivity index (χ4n) is 2.52. The highest BCUT2D eigenvalue weighted by Gasteiger charge is 2.43. The fourth-order valence-corrected chi connectivity index (χ4v) is 2.52. The number of para-hydroxylation sites is 1. The normalized spacial score (nSPS) is 23.9. The SMILES string of the molecule is O=C(O)C[C@H]1C(Oc2ccccc2C(=O)O)CNC1C(=O)O. The minimum atomic E-state index is -1.17. The zero-order valence-electron chi connectivity index (χ0n) is 11.4. The summed E-state index contributed by atoms with van der Waals surface area (Å²) in [6, 6.07) is 4.90. The van der Waals surface area contributed by atoms with Crippen molar-refractivity contribution in [3.63, 3.8) is 0 Å². The molecule has 22 heavy (non-hydrogen) atoms. The molecule has 118 valence electrons. The van der Waals surface area contributed by atoms with Crippen molar-refractivity contribution in [2.24, 2.45) is 5.92 Å². The Balaban J connectivity index is 2.22. The third-order valence-electron chi connectivity index (χ3n) is 3.52. The molecule has 0 amide bonds. The van der Waals surface area contributed by atoms with Crippen molar-refractivity contribution >= 4 is 17.9 Å². The van der Waals surface area contributed by atoms with Crippen LogP contribution in [-0.2, 0) is 9.59 Å². The number of nitrogens with one attached hydrogen (secondary N) is 1. The topological polar surface area (TPSA) is 133 Å². The summed E-state index contributed by atoms with van der Waals surface area (Å²) in [6.07, 6.45) is -1.12. The lowest BCUT2D eigenvalue weighted by Crippen LogP contribution is -2.38. The summed E-state index contributed by atoms with van der Waals surface area (Å²) in [5, 5.41) is 29.9. The van der Waals surface area contributed by atoms with Gasteiger partial charge in [-0.2, -0.15) is 0 Å². The molecule has 0 saturated carbocycles. The Morgan fingerprint density at radius 2 is 1.86 bits per heavy atom. The molecule has 1 aromatic rings. The number of carbonyl (C=O) groups is 3. The lowest BCUT2D eigenvalue weighted by atomic mass is 9.94. The van der Waals surface area contributed by atoms with E-state index in [1.807, 2.05) is 0 Å². The van der Waals surface area contributed by atoms with Crippen LogP contribution in [-0.4, -0.2) is 51.9 Å². The molecule has 2 rings (SSSR count). The van der Waals surface area contributed by atoms with E-state index in [2.05, 4.69) is 5.32 Å². The number of ether oxygens (including phenoxy) is 1. The van der Waals surface area contributed by atoms with Gasteiger partial charge < -0.3 is 25.4 Å². The summed E-state index contributed by atoms with van der Waals surface area (Å²) in [6.45, 7) is 0.128. The van der Waals surface area contributed by atoms with Crippen LogP contribution in [0.4, 0.5) is 0 Å². The summed E-state index contributed by atoms with van der Waals surface area (Å²) in [5.74, 6) is -4.19. The molecule has 1 aliphatic heterocycles. The summed E-state index contributed by atoms with van der Waals surface area (Å²) >= 11 is 0. The van der Waals surface area contributed by atoms with Crippen molar-refractivity contribution in [1.29, 1.82) is 0 Å². The van der Waals surface area contributed by atoms with Gasteiger partial charge in [0.15, 0.2) is 0 Å². The zero-order chi connectivity index (χ0) is 16.3. The van der Waals surface area contributed by atoms with E-state index in [0.717, 1.165) is 0 Å². The van der Waals surface area contributed by atoms with Gasteiger partial charge in [0.2, 0.25) is 0 Å². The Morgan fingerprint density at radius 3 is 2.45 bits per heavy atom. The van der Waals surface area contributed by atoms with Crippen molar-refractivity contribution in [3.05, 3.63) is 29.8 Å².